The number of rotatable bonds is 2. The molecule has 0 spiro atoms. The monoisotopic (exact) mass is 246 g/mol. The average molecular weight is 246 g/mol. The molecule has 0 aromatic heterocycles. The Balaban J connectivity index is 2.05. The summed E-state index contributed by atoms with van der Waals surface area (Å²) in [5, 5.41) is 4.79. The van der Waals surface area contributed by atoms with Crippen molar-refractivity contribution in [2.24, 2.45) is 0 Å². The highest BCUT2D eigenvalue weighted by atomic mass is 19.4. The highest BCUT2D eigenvalue weighted by Crippen LogP contribution is 2.31. The molecule has 1 saturated heterocycles. The van der Waals surface area contributed by atoms with E-state index in [-0.39, 0.29) is 5.75 Å². The maximum atomic E-state index is 12.5. The number of nitrogens with one attached hydrogen (secondary N) is 1. The van der Waals surface area contributed by atoms with E-state index in [1.807, 2.05) is 0 Å². The lowest BCUT2D eigenvalue weighted by molar-refractivity contribution is -0.138. The van der Waals surface area contributed by atoms with Crippen molar-refractivity contribution in [3.05, 3.63) is 29.8 Å². The van der Waals surface area contributed by atoms with Gasteiger partial charge in [0.15, 0.2) is 0 Å². The van der Waals surface area contributed by atoms with Crippen LogP contribution in [0.15, 0.2) is 24.3 Å². The van der Waals surface area contributed by atoms with Crippen molar-refractivity contribution in [2.45, 2.75) is 6.18 Å². The summed E-state index contributed by atoms with van der Waals surface area (Å²) in [6.07, 6.45) is -4.33. The number of hydroxylamine groups is 2. The normalized spacial score (nSPS) is 18.1. The fraction of sp³-hybridized carbons (Fsp3) is 0.455. The third-order valence-electron chi connectivity index (χ3n) is 2.47. The van der Waals surface area contributed by atoms with E-state index < -0.39 is 11.7 Å². The maximum Gasteiger partial charge on any atom is 0.416 e. The minimum Gasteiger partial charge on any atom is -0.406 e. The summed E-state index contributed by atoms with van der Waals surface area (Å²) >= 11 is 0. The van der Waals surface area contributed by atoms with Crippen LogP contribution in [0.2, 0.25) is 0 Å². The van der Waals surface area contributed by atoms with Crippen molar-refractivity contribution in [2.75, 3.05) is 26.2 Å². The fourth-order valence-corrected chi connectivity index (χ4v) is 1.61. The molecule has 0 aliphatic carbocycles. The van der Waals surface area contributed by atoms with E-state index in [1.54, 1.807) is 5.06 Å². The van der Waals surface area contributed by atoms with Crippen LogP contribution in [0, 0.1) is 0 Å². The zero-order valence-corrected chi connectivity index (χ0v) is 9.13. The molecule has 94 valence electrons. The topological polar surface area (TPSA) is 24.5 Å². The van der Waals surface area contributed by atoms with Crippen LogP contribution in [0.25, 0.3) is 0 Å². The molecule has 0 unspecified atom stereocenters. The van der Waals surface area contributed by atoms with E-state index >= 15 is 0 Å². The zero-order chi connectivity index (χ0) is 12.3. The number of alkyl halides is 3. The predicted octanol–water partition coefficient (Wildman–Crippen LogP) is 1.90. The number of hydrogen-bond acceptors (Lipinski definition) is 3. The van der Waals surface area contributed by atoms with Gasteiger partial charge in [-0.05, 0) is 18.2 Å². The largest absolute Gasteiger partial charge is 0.416 e. The molecular formula is C11H13F3N2O. The first-order chi connectivity index (χ1) is 8.05. The van der Waals surface area contributed by atoms with Gasteiger partial charge in [0.05, 0.1) is 5.56 Å². The molecule has 1 heterocycles. The minimum atomic E-state index is -4.33. The van der Waals surface area contributed by atoms with Gasteiger partial charge in [-0.1, -0.05) is 6.07 Å². The van der Waals surface area contributed by atoms with E-state index in [0.29, 0.717) is 13.1 Å². The van der Waals surface area contributed by atoms with Gasteiger partial charge in [-0.15, -0.1) is 5.06 Å². The number of piperazine rings is 1. The number of benzene rings is 1. The maximum absolute atomic E-state index is 12.5. The van der Waals surface area contributed by atoms with Crippen LogP contribution in [0.3, 0.4) is 0 Å². The van der Waals surface area contributed by atoms with Crippen molar-refractivity contribution in [3.63, 3.8) is 0 Å². The second-order valence-electron chi connectivity index (χ2n) is 3.80. The summed E-state index contributed by atoms with van der Waals surface area (Å²) < 4.78 is 37.4. The Morgan fingerprint density at radius 3 is 2.53 bits per heavy atom. The van der Waals surface area contributed by atoms with Gasteiger partial charge < -0.3 is 10.2 Å². The molecule has 0 bridgehead atoms. The molecule has 17 heavy (non-hydrogen) atoms. The van der Waals surface area contributed by atoms with Gasteiger partial charge in [0.2, 0.25) is 0 Å². The summed E-state index contributed by atoms with van der Waals surface area (Å²) in [7, 11) is 0. The Hall–Kier alpha value is -1.27. The van der Waals surface area contributed by atoms with Gasteiger partial charge in [0.1, 0.15) is 5.75 Å². The van der Waals surface area contributed by atoms with Crippen LogP contribution < -0.4 is 10.2 Å². The summed E-state index contributed by atoms with van der Waals surface area (Å²) in [4.78, 5) is 5.38. The Labute approximate surface area is 97.1 Å². The lowest BCUT2D eigenvalue weighted by Crippen LogP contribution is -2.45. The third-order valence-corrected chi connectivity index (χ3v) is 2.47. The summed E-state index contributed by atoms with van der Waals surface area (Å²) in [5.74, 6) is 0.224. The number of hydrogen-bond donors (Lipinski definition) is 1. The molecule has 1 aliphatic heterocycles. The highest BCUT2D eigenvalue weighted by Gasteiger charge is 2.30. The molecule has 1 N–H and O–H groups in total. The highest BCUT2D eigenvalue weighted by molar-refractivity contribution is 5.30. The second-order valence-corrected chi connectivity index (χ2v) is 3.80. The molecule has 6 heteroatoms. The van der Waals surface area contributed by atoms with Gasteiger partial charge in [0.25, 0.3) is 0 Å². The number of halogens is 3. The van der Waals surface area contributed by atoms with E-state index in [0.717, 1.165) is 25.2 Å². The molecule has 3 nitrogen and oxygen atoms in total. The first kappa shape index (κ1) is 12.2. The molecule has 0 saturated carbocycles. The van der Waals surface area contributed by atoms with Crippen LogP contribution >= 0.6 is 0 Å². The van der Waals surface area contributed by atoms with Gasteiger partial charge in [-0.3, -0.25) is 0 Å². The molecule has 1 aromatic carbocycles. The first-order valence-electron chi connectivity index (χ1n) is 5.36. The Kier molecular flexibility index (Phi) is 3.54. The zero-order valence-electron chi connectivity index (χ0n) is 9.13. The van der Waals surface area contributed by atoms with E-state index in [4.69, 9.17) is 4.84 Å². The van der Waals surface area contributed by atoms with Crippen molar-refractivity contribution in [3.8, 4) is 5.75 Å². The van der Waals surface area contributed by atoms with Crippen LogP contribution in [0.5, 0.6) is 5.75 Å². The van der Waals surface area contributed by atoms with Crippen LogP contribution in [-0.2, 0) is 6.18 Å². The standard InChI is InChI=1S/C11H13F3N2O/c12-11(13,14)9-2-1-3-10(8-9)17-16-6-4-15-5-7-16/h1-3,8,15H,4-7H2. The quantitative estimate of drug-likeness (QED) is 0.862. The van der Waals surface area contributed by atoms with Crippen molar-refractivity contribution < 1.29 is 18.0 Å². The predicted molar refractivity (Wildman–Crippen MR) is 56.5 cm³/mol. The van der Waals surface area contributed by atoms with Gasteiger partial charge in [-0.25, -0.2) is 0 Å². The average Bonchev–Trinajstić information content (AvgIpc) is 2.29. The molecule has 0 atom stereocenters. The van der Waals surface area contributed by atoms with Crippen molar-refractivity contribution in [1.29, 1.82) is 0 Å². The SMILES string of the molecule is FC(F)(F)c1cccc(ON2CCNCC2)c1. The number of nitrogens with zero attached hydrogens (tertiary/aromatic N) is 1. The van der Waals surface area contributed by atoms with Crippen molar-refractivity contribution >= 4 is 0 Å². The minimum absolute atomic E-state index is 0.224. The molecule has 1 aliphatic rings. The Morgan fingerprint density at radius 1 is 1.18 bits per heavy atom. The fourth-order valence-electron chi connectivity index (χ4n) is 1.61. The Bertz CT molecular complexity index is 375. The first-order valence-corrected chi connectivity index (χ1v) is 5.36. The van der Waals surface area contributed by atoms with E-state index in [1.165, 1.54) is 12.1 Å². The summed E-state index contributed by atoms with van der Waals surface area (Å²) in [5.41, 5.74) is -0.690. The lowest BCUT2D eigenvalue weighted by Gasteiger charge is -2.26. The molecule has 1 aromatic rings. The second kappa shape index (κ2) is 4.93. The Morgan fingerprint density at radius 2 is 1.88 bits per heavy atom. The summed E-state index contributed by atoms with van der Waals surface area (Å²) in [6, 6.07) is 4.92. The lowest BCUT2D eigenvalue weighted by atomic mass is 10.2. The molecule has 2 rings (SSSR count). The molecule has 0 amide bonds. The van der Waals surface area contributed by atoms with Gasteiger partial charge in [-0.2, -0.15) is 13.2 Å². The molecule has 1 fully saturated rings. The smallest absolute Gasteiger partial charge is 0.406 e. The third kappa shape index (κ3) is 3.34. The van der Waals surface area contributed by atoms with Gasteiger partial charge >= 0.3 is 6.18 Å². The molecule has 0 radical (unpaired) electrons. The van der Waals surface area contributed by atoms with E-state index in [9.17, 15) is 13.2 Å². The molecular weight excluding hydrogens is 233 g/mol. The van der Waals surface area contributed by atoms with Crippen LogP contribution in [0.4, 0.5) is 13.2 Å². The van der Waals surface area contributed by atoms with Crippen LogP contribution in [0.1, 0.15) is 5.56 Å². The van der Waals surface area contributed by atoms with E-state index in [2.05, 4.69) is 5.32 Å². The van der Waals surface area contributed by atoms with Crippen molar-refractivity contribution in [1.82, 2.24) is 10.4 Å². The van der Waals surface area contributed by atoms with Gasteiger partial charge in [0, 0.05) is 26.2 Å². The summed E-state index contributed by atoms with van der Waals surface area (Å²) in [6.45, 7) is 2.88. The van der Waals surface area contributed by atoms with Crippen LogP contribution in [-0.4, -0.2) is 31.2 Å².